The van der Waals surface area contributed by atoms with Gasteiger partial charge in [0.1, 0.15) is 5.82 Å². The molecule has 0 aliphatic rings. The predicted octanol–water partition coefficient (Wildman–Crippen LogP) is 3.72. The number of hydrogen-bond acceptors (Lipinski definition) is 1. The summed E-state index contributed by atoms with van der Waals surface area (Å²) in [6, 6.07) is 12.7. The summed E-state index contributed by atoms with van der Waals surface area (Å²) in [6.45, 7) is 2.71. The molecule has 2 nitrogen and oxygen atoms in total. The van der Waals surface area contributed by atoms with E-state index in [0.717, 1.165) is 27.7 Å². The van der Waals surface area contributed by atoms with Crippen LogP contribution in [0, 0.1) is 12.7 Å². The van der Waals surface area contributed by atoms with Gasteiger partial charge < -0.3 is 10.3 Å². The summed E-state index contributed by atoms with van der Waals surface area (Å²) in [5, 5.41) is 1.04. The zero-order chi connectivity index (χ0) is 13.4. The summed E-state index contributed by atoms with van der Waals surface area (Å²) in [4.78, 5) is 0. The van der Waals surface area contributed by atoms with Gasteiger partial charge in [0.15, 0.2) is 0 Å². The number of nitrogens with two attached hydrogens (primary N) is 1. The average Bonchev–Trinajstić information content (AvgIpc) is 2.78. The van der Waals surface area contributed by atoms with Crippen molar-refractivity contribution >= 4 is 16.6 Å². The summed E-state index contributed by atoms with van der Waals surface area (Å²) in [6.07, 6.45) is 1.98. The Labute approximate surface area is 111 Å². The SMILES string of the molecule is Cc1c(N)cccc1Cn1ccc2ccc(F)cc21. The molecule has 0 radical (unpaired) electrons. The summed E-state index contributed by atoms with van der Waals surface area (Å²) >= 11 is 0. The normalized spacial score (nSPS) is 11.1. The minimum atomic E-state index is -0.211. The summed E-state index contributed by atoms with van der Waals surface area (Å²) in [5.41, 5.74) is 9.85. The zero-order valence-corrected chi connectivity index (χ0v) is 10.7. The molecule has 96 valence electrons. The molecule has 0 aliphatic heterocycles. The number of nitrogens with zero attached hydrogens (tertiary/aromatic N) is 1. The first-order valence-electron chi connectivity index (χ1n) is 6.23. The van der Waals surface area contributed by atoms with Gasteiger partial charge in [0.05, 0.1) is 5.52 Å². The fourth-order valence-electron chi connectivity index (χ4n) is 2.35. The van der Waals surface area contributed by atoms with Gasteiger partial charge >= 0.3 is 0 Å². The van der Waals surface area contributed by atoms with E-state index in [4.69, 9.17) is 5.73 Å². The first-order chi connectivity index (χ1) is 9.15. The monoisotopic (exact) mass is 254 g/mol. The van der Waals surface area contributed by atoms with Crippen molar-refractivity contribution in [3.8, 4) is 0 Å². The molecule has 0 saturated carbocycles. The number of rotatable bonds is 2. The Kier molecular flexibility index (Phi) is 2.75. The van der Waals surface area contributed by atoms with Crippen molar-refractivity contribution in [1.29, 1.82) is 0 Å². The van der Waals surface area contributed by atoms with Crippen molar-refractivity contribution < 1.29 is 4.39 Å². The second-order valence-electron chi connectivity index (χ2n) is 4.78. The van der Waals surface area contributed by atoms with Crippen LogP contribution in [0.4, 0.5) is 10.1 Å². The third kappa shape index (κ3) is 2.08. The van der Waals surface area contributed by atoms with E-state index in [1.54, 1.807) is 12.1 Å². The van der Waals surface area contributed by atoms with Crippen molar-refractivity contribution in [3.63, 3.8) is 0 Å². The fraction of sp³-hybridized carbons (Fsp3) is 0.125. The van der Waals surface area contributed by atoms with Gasteiger partial charge in [-0.25, -0.2) is 4.39 Å². The molecule has 0 unspecified atom stereocenters. The number of hydrogen-bond donors (Lipinski definition) is 1. The Hall–Kier alpha value is -2.29. The molecule has 1 aromatic heterocycles. The van der Waals surface area contributed by atoms with Crippen LogP contribution in [0.15, 0.2) is 48.7 Å². The molecule has 0 atom stereocenters. The highest BCUT2D eigenvalue weighted by Gasteiger charge is 2.06. The van der Waals surface area contributed by atoms with Crippen LogP contribution in [-0.4, -0.2) is 4.57 Å². The number of benzene rings is 2. The average molecular weight is 254 g/mol. The lowest BCUT2D eigenvalue weighted by Gasteiger charge is -2.10. The van der Waals surface area contributed by atoms with Crippen molar-refractivity contribution in [2.45, 2.75) is 13.5 Å². The molecule has 2 N–H and O–H groups in total. The first kappa shape index (κ1) is 11.8. The maximum absolute atomic E-state index is 13.3. The van der Waals surface area contributed by atoms with E-state index in [-0.39, 0.29) is 5.82 Å². The van der Waals surface area contributed by atoms with Crippen LogP contribution in [-0.2, 0) is 6.54 Å². The van der Waals surface area contributed by atoms with E-state index in [0.29, 0.717) is 6.54 Å². The highest BCUT2D eigenvalue weighted by molar-refractivity contribution is 5.80. The largest absolute Gasteiger partial charge is 0.399 e. The Morgan fingerprint density at radius 2 is 2.00 bits per heavy atom. The van der Waals surface area contributed by atoms with Crippen LogP contribution in [0.5, 0.6) is 0 Å². The van der Waals surface area contributed by atoms with E-state index in [2.05, 4.69) is 6.07 Å². The maximum Gasteiger partial charge on any atom is 0.125 e. The molecule has 0 amide bonds. The van der Waals surface area contributed by atoms with Gasteiger partial charge in [-0.2, -0.15) is 0 Å². The van der Waals surface area contributed by atoms with Crippen LogP contribution in [0.2, 0.25) is 0 Å². The first-order valence-corrected chi connectivity index (χ1v) is 6.23. The third-order valence-corrected chi connectivity index (χ3v) is 3.56. The Morgan fingerprint density at radius 1 is 1.16 bits per heavy atom. The second-order valence-corrected chi connectivity index (χ2v) is 4.78. The van der Waals surface area contributed by atoms with E-state index in [1.165, 1.54) is 6.07 Å². The van der Waals surface area contributed by atoms with E-state index in [9.17, 15) is 4.39 Å². The quantitative estimate of drug-likeness (QED) is 0.694. The van der Waals surface area contributed by atoms with Gasteiger partial charge in [0, 0.05) is 18.4 Å². The Morgan fingerprint density at radius 3 is 2.84 bits per heavy atom. The molecule has 0 saturated heterocycles. The Balaban J connectivity index is 2.06. The molecule has 1 heterocycles. The molecule has 3 heteroatoms. The highest BCUT2D eigenvalue weighted by Crippen LogP contribution is 2.21. The van der Waals surface area contributed by atoms with Crippen LogP contribution in [0.1, 0.15) is 11.1 Å². The van der Waals surface area contributed by atoms with Crippen LogP contribution in [0.3, 0.4) is 0 Å². The fourth-order valence-corrected chi connectivity index (χ4v) is 2.35. The molecule has 2 aromatic carbocycles. The van der Waals surface area contributed by atoms with Gasteiger partial charge in [0.25, 0.3) is 0 Å². The lowest BCUT2D eigenvalue weighted by Crippen LogP contribution is -2.02. The van der Waals surface area contributed by atoms with Crippen molar-refractivity contribution in [3.05, 3.63) is 65.6 Å². The smallest absolute Gasteiger partial charge is 0.125 e. The standard InChI is InChI=1S/C16H15FN2/c1-11-13(3-2-4-15(11)18)10-19-8-7-12-5-6-14(17)9-16(12)19/h2-9H,10,18H2,1H3. The number of aromatic nitrogens is 1. The molecular formula is C16H15FN2. The minimum absolute atomic E-state index is 0.211. The molecule has 0 spiro atoms. The molecule has 0 aliphatic carbocycles. The predicted molar refractivity (Wildman–Crippen MR) is 76.6 cm³/mol. The topological polar surface area (TPSA) is 30.9 Å². The molecular weight excluding hydrogens is 239 g/mol. The highest BCUT2D eigenvalue weighted by atomic mass is 19.1. The third-order valence-electron chi connectivity index (χ3n) is 3.56. The Bertz CT molecular complexity index is 744. The second kappa shape index (κ2) is 4.43. The van der Waals surface area contributed by atoms with Gasteiger partial charge in [-0.05, 0) is 53.8 Å². The molecule has 0 fully saturated rings. The number of nitrogen functional groups attached to an aromatic ring is 1. The molecule has 3 rings (SSSR count). The lowest BCUT2D eigenvalue weighted by atomic mass is 10.1. The summed E-state index contributed by atoms with van der Waals surface area (Å²) in [7, 11) is 0. The van der Waals surface area contributed by atoms with E-state index < -0.39 is 0 Å². The van der Waals surface area contributed by atoms with Gasteiger partial charge in [-0.15, -0.1) is 0 Å². The van der Waals surface area contributed by atoms with E-state index >= 15 is 0 Å². The molecule has 0 bridgehead atoms. The van der Waals surface area contributed by atoms with Crippen LogP contribution >= 0.6 is 0 Å². The van der Waals surface area contributed by atoms with Crippen molar-refractivity contribution in [2.24, 2.45) is 0 Å². The number of fused-ring (bicyclic) bond motifs is 1. The van der Waals surface area contributed by atoms with Gasteiger partial charge in [-0.3, -0.25) is 0 Å². The van der Waals surface area contributed by atoms with E-state index in [1.807, 2.05) is 35.9 Å². The van der Waals surface area contributed by atoms with Gasteiger partial charge in [-0.1, -0.05) is 12.1 Å². The minimum Gasteiger partial charge on any atom is -0.399 e. The van der Waals surface area contributed by atoms with Crippen LogP contribution < -0.4 is 5.73 Å². The number of anilines is 1. The summed E-state index contributed by atoms with van der Waals surface area (Å²) < 4.78 is 15.4. The maximum atomic E-state index is 13.3. The van der Waals surface area contributed by atoms with Crippen molar-refractivity contribution in [2.75, 3.05) is 5.73 Å². The zero-order valence-electron chi connectivity index (χ0n) is 10.7. The van der Waals surface area contributed by atoms with Crippen LogP contribution in [0.25, 0.3) is 10.9 Å². The summed E-state index contributed by atoms with van der Waals surface area (Å²) in [5.74, 6) is -0.211. The van der Waals surface area contributed by atoms with Crippen molar-refractivity contribution in [1.82, 2.24) is 4.57 Å². The number of halogens is 1. The lowest BCUT2D eigenvalue weighted by molar-refractivity contribution is 0.628. The molecule has 3 aromatic rings. The molecule has 19 heavy (non-hydrogen) atoms. The van der Waals surface area contributed by atoms with Gasteiger partial charge in [0.2, 0.25) is 0 Å².